The summed E-state index contributed by atoms with van der Waals surface area (Å²) in [5, 5.41) is 6.15. The van der Waals surface area contributed by atoms with E-state index in [9.17, 15) is 9.59 Å². The Balaban J connectivity index is 1.34. The van der Waals surface area contributed by atoms with Crippen LogP contribution in [0.1, 0.15) is 40.8 Å². The van der Waals surface area contributed by atoms with E-state index in [-0.39, 0.29) is 18.2 Å². The fourth-order valence-electron chi connectivity index (χ4n) is 6.44. The number of nitrogens with one attached hydrogen (secondary N) is 1. The summed E-state index contributed by atoms with van der Waals surface area (Å²) in [7, 11) is 4.59. The number of nitrogens with zero attached hydrogens (tertiary/aromatic N) is 3. The number of benzene rings is 5. The number of aromatic nitrogens is 2. The highest BCUT2D eigenvalue weighted by Gasteiger charge is 2.39. The second-order valence-electron chi connectivity index (χ2n) is 12.1. The van der Waals surface area contributed by atoms with Crippen molar-refractivity contribution in [1.29, 1.82) is 0 Å². The molecule has 0 aliphatic carbocycles. The van der Waals surface area contributed by atoms with Crippen molar-refractivity contribution in [1.82, 2.24) is 19.9 Å². The molecule has 2 atom stereocenters. The van der Waals surface area contributed by atoms with Crippen molar-refractivity contribution in [2.75, 3.05) is 21.3 Å². The summed E-state index contributed by atoms with van der Waals surface area (Å²) >= 11 is 0. The predicted octanol–water partition coefficient (Wildman–Crippen LogP) is 6.74. The van der Waals surface area contributed by atoms with Gasteiger partial charge in [-0.05, 0) is 52.1 Å². The number of likely N-dealkylation sites (N-methyl/N-ethyl adjacent to an activating group) is 1. The van der Waals surface area contributed by atoms with Crippen LogP contribution in [0.2, 0.25) is 0 Å². The van der Waals surface area contributed by atoms with Gasteiger partial charge in [0, 0.05) is 19.7 Å². The van der Waals surface area contributed by atoms with Gasteiger partial charge in [0.25, 0.3) is 5.91 Å². The third-order valence-electron chi connectivity index (χ3n) is 9.17. The van der Waals surface area contributed by atoms with E-state index in [4.69, 9.17) is 14.6 Å². The Hall–Kier alpha value is -5.73. The first kappa shape index (κ1) is 33.2. The van der Waals surface area contributed by atoms with E-state index < -0.39 is 17.5 Å². The lowest BCUT2D eigenvalue weighted by atomic mass is 9.77. The van der Waals surface area contributed by atoms with Crippen molar-refractivity contribution >= 4 is 22.6 Å². The molecule has 0 bridgehead atoms. The predicted molar refractivity (Wildman–Crippen MR) is 191 cm³/mol. The van der Waals surface area contributed by atoms with Gasteiger partial charge in [-0.3, -0.25) is 14.4 Å². The summed E-state index contributed by atoms with van der Waals surface area (Å²) in [6.45, 7) is 1.84. The molecule has 1 N–H and O–H groups in total. The molecule has 0 spiro atoms. The van der Waals surface area contributed by atoms with Gasteiger partial charge in [0.15, 0.2) is 0 Å². The number of methoxy groups -OCH3 is 1. The molecule has 8 nitrogen and oxygen atoms in total. The molecule has 1 heterocycles. The Morgan fingerprint density at radius 3 is 1.90 bits per heavy atom. The maximum Gasteiger partial charge on any atom is 0.268 e. The van der Waals surface area contributed by atoms with Gasteiger partial charge in [-0.15, -0.1) is 0 Å². The molecule has 0 radical (unpaired) electrons. The number of fused-ring (bicyclic) bond motifs is 1. The zero-order valence-corrected chi connectivity index (χ0v) is 28.1. The standard InChI is InChI=1S/C41H40N4O4/c1-29(30-20-21-32-25-37(48-3)23-22-31(32)24-30)39(46)43-38(40(47)44(2)49-4)26-36-27-45(28-42-36)41(33-14-8-5-9-15-33,34-16-10-6-11-17-34)35-18-12-7-13-19-35/h5-25,27-29,38H,26H2,1-4H3,(H,43,46)/t29-,38-/m0/s1. The SMILES string of the molecule is COc1ccc2cc([C@H](C)C(=O)N[C@@H](Cc3cn(C(c4ccccc4)(c4ccccc4)c4ccccc4)cn3)C(=O)N(C)OC)ccc2c1. The Kier molecular flexibility index (Phi) is 9.87. The second-order valence-corrected chi connectivity index (χ2v) is 12.1. The first-order valence-corrected chi connectivity index (χ1v) is 16.2. The highest BCUT2D eigenvalue weighted by molar-refractivity contribution is 5.91. The highest BCUT2D eigenvalue weighted by Crippen LogP contribution is 2.40. The number of hydrogen-bond acceptors (Lipinski definition) is 5. The maximum absolute atomic E-state index is 13.7. The summed E-state index contributed by atoms with van der Waals surface area (Å²) < 4.78 is 7.45. The number of hydroxylamine groups is 2. The van der Waals surface area contributed by atoms with E-state index in [1.807, 2.05) is 104 Å². The zero-order chi connectivity index (χ0) is 34.4. The molecule has 0 saturated carbocycles. The van der Waals surface area contributed by atoms with E-state index in [0.717, 1.165) is 43.8 Å². The Morgan fingerprint density at radius 2 is 1.35 bits per heavy atom. The number of rotatable bonds is 12. The van der Waals surface area contributed by atoms with Gasteiger partial charge in [-0.25, -0.2) is 10.0 Å². The lowest BCUT2D eigenvalue weighted by Gasteiger charge is -2.37. The van der Waals surface area contributed by atoms with Gasteiger partial charge >= 0.3 is 0 Å². The van der Waals surface area contributed by atoms with Crippen LogP contribution in [-0.2, 0) is 26.4 Å². The molecule has 248 valence electrons. The van der Waals surface area contributed by atoms with Crippen LogP contribution in [-0.4, -0.2) is 53.7 Å². The monoisotopic (exact) mass is 652 g/mol. The molecule has 49 heavy (non-hydrogen) atoms. The van der Waals surface area contributed by atoms with Gasteiger partial charge < -0.3 is 14.6 Å². The van der Waals surface area contributed by atoms with E-state index in [1.54, 1.807) is 13.4 Å². The second kappa shape index (κ2) is 14.6. The molecule has 5 aromatic carbocycles. The summed E-state index contributed by atoms with van der Waals surface area (Å²) in [4.78, 5) is 37.4. The van der Waals surface area contributed by atoms with Crippen LogP contribution < -0.4 is 10.1 Å². The minimum Gasteiger partial charge on any atom is -0.497 e. The normalized spacial score (nSPS) is 12.7. The zero-order valence-electron chi connectivity index (χ0n) is 28.1. The molecule has 0 aliphatic rings. The Morgan fingerprint density at radius 1 is 0.796 bits per heavy atom. The lowest BCUT2D eigenvalue weighted by Crippen LogP contribution is -2.49. The first-order chi connectivity index (χ1) is 23.8. The van der Waals surface area contributed by atoms with E-state index in [0.29, 0.717) is 5.69 Å². The van der Waals surface area contributed by atoms with Crippen LogP contribution in [0, 0.1) is 0 Å². The van der Waals surface area contributed by atoms with Crippen molar-refractivity contribution in [3.05, 3.63) is 168 Å². The number of ether oxygens (including phenoxy) is 1. The quantitative estimate of drug-likeness (QED) is 0.117. The summed E-state index contributed by atoms with van der Waals surface area (Å²) in [5.74, 6) is -0.411. The first-order valence-electron chi connectivity index (χ1n) is 16.2. The van der Waals surface area contributed by atoms with Crippen LogP contribution in [0.5, 0.6) is 5.75 Å². The van der Waals surface area contributed by atoms with Crippen LogP contribution in [0.4, 0.5) is 0 Å². The van der Waals surface area contributed by atoms with Gasteiger partial charge in [-0.1, -0.05) is 115 Å². The minimum atomic E-state index is -0.924. The number of carbonyl (C=O) groups excluding carboxylic acids is 2. The molecular formula is C41H40N4O4. The number of amides is 2. The van der Waals surface area contributed by atoms with Gasteiger partial charge in [-0.2, -0.15) is 0 Å². The molecule has 0 unspecified atom stereocenters. The minimum absolute atomic E-state index is 0.157. The molecular weight excluding hydrogens is 612 g/mol. The van der Waals surface area contributed by atoms with Crippen LogP contribution in [0.3, 0.4) is 0 Å². The van der Waals surface area contributed by atoms with Crippen LogP contribution in [0.15, 0.2) is 140 Å². The highest BCUT2D eigenvalue weighted by atomic mass is 16.7. The number of carbonyl (C=O) groups is 2. The number of hydrogen-bond donors (Lipinski definition) is 1. The van der Waals surface area contributed by atoms with Crippen molar-refractivity contribution in [2.45, 2.75) is 30.8 Å². The molecule has 6 rings (SSSR count). The maximum atomic E-state index is 13.7. The van der Waals surface area contributed by atoms with Crippen LogP contribution in [0.25, 0.3) is 10.8 Å². The Labute approximate surface area is 286 Å². The van der Waals surface area contributed by atoms with E-state index in [1.165, 1.54) is 14.2 Å². The van der Waals surface area contributed by atoms with Crippen LogP contribution >= 0.6 is 0 Å². The summed E-state index contributed by atoms with van der Waals surface area (Å²) in [6.07, 6.45) is 3.93. The molecule has 0 fully saturated rings. The average Bonchev–Trinajstić information content (AvgIpc) is 3.63. The van der Waals surface area contributed by atoms with Crippen molar-refractivity contribution in [3.63, 3.8) is 0 Å². The number of imidazole rings is 1. The van der Waals surface area contributed by atoms with E-state index >= 15 is 0 Å². The van der Waals surface area contributed by atoms with Gasteiger partial charge in [0.2, 0.25) is 5.91 Å². The van der Waals surface area contributed by atoms with Gasteiger partial charge in [0.05, 0.1) is 32.2 Å². The topological polar surface area (TPSA) is 85.7 Å². The summed E-state index contributed by atoms with van der Waals surface area (Å²) in [6, 6.07) is 41.7. The largest absolute Gasteiger partial charge is 0.497 e. The van der Waals surface area contributed by atoms with Gasteiger partial charge in [0.1, 0.15) is 17.3 Å². The fraction of sp³-hybridized carbons (Fsp3) is 0.195. The molecule has 2 amide bonds. The third kappa shape index (κ3) is 6.68. The van der Waals surface area contributed by atoms with Crippen molar-refractivity contribution < 1.29 is 19.2 Å². The molecule has 0 saturated heterocycles. The smallest absolute Gasteiger partial charge is 0.268 e. The Bertz CT molecular complexity index is 1930. The van der Waals surface area contributed by atoms with Crippen molar-refractivity contribution in [2.24, 2.45) is 0 Å². The van der Waals surface area contributed by atoms with Crippen molar-refractivity contribution in [3.8, 4) is 5.75 Å². The molecule has 8 heteroatoms. The molecule has 6 aromatic rings. The fourth-order valence-corrected chi connectivity index (χ4v) is 6.44. The molecule has 1 aromatic heterocycles. The average molecular weight is 653 g/mol. The molecule has 0 aliphatic heterocycles. The van der Waals surface area contributed by atoms with E-state index in [2.05, 4.69) is 46.3 Å². The third-order valence-corrected chi connectivity index (χ3v) is 9.17. The lowest BCUT2D eigenvalue weighted by molar-refractivity contribution is -0.171. The summed E-state index contributed by atoms with van der Waals surface area (Å²) in [5.41, 5.74) is 3.89.